The predicted molar refractivity (Wildman–Crippen MR) is 59.2 cm³/mol. The fraction of sp³-hybridized carbons (Fsp3) is 0.889. The lowest BCUT2D eigenvalue weighted by Gasteiger charge is -2.04. The fourth-order valence-electron chi connectivity index (χ4n) is 0.901. The summed E-state index contributed by atoms with van der Waals surface area (Å²) in [4.78, 5) is 11.1. The summed E-state index contributed by atoms with van der Waals surface area (Å²) >= 11 is 1.70. The third kappa shape index (κ3) is 9.70. The first-order chi connectivity index (χ1) is 6.31. The summed E-state index contributed by atoms with van der Waals surface area (Å²) in [7, 11) is 0. The first-order valence-corrected chi connectivity index (χ1v) is 6.17. The second kappa shape index (κ2) is 9.86. The van der Waals surface area contributed by atoms with Crippen molar-refractivity contribution in [2.24, 2.45) is 0 Å². The van der Waals surface area contributed by atoms with E-state index in [1.807, 2.05) is 6.26 Å². The summed E-state index contributed by atoms with van der Waals surface area (Å²) in [6.07, 6.45) is 3.67. The van der Waals surface area contributed by atoms with E-state index < -0.39 is 0 Å². The Kier molecular flexibility index (Phi) is 9.70. The van der Waals surface area contributed by atoms with Crippen LogP contribution in [0.4, 0.5) is 0 Å². The number of nitrogens with one attached hydrogen (secondary N) is 2. The van der Waals surface area contributed by atoms with E-state index in [0.29, 0.717) is 6.42 Å². The van der Waals surface area contributed by atoms with Gasteiger partial charge in [-0.3, -0.25) is 4.79 Å². The van der Waals surface area contributed by atoms with E-state index in [2.05, 4.69) is 17.6 Å². The van der Waals surface area contributed by atoms with Crippen LogP contribution < -0.4 is 10.6 Å². The zero-order valence-corrected chi connectivity index (χ0v) is 9.38. The Balaban J connectivity index is 3.08. The zero-order chi connectivity index (χ0) is 9.94. The molecule has 0 unspecified atom stereocenters. The number of carbonyl (C=O) groups is 1. The Hall–Kier alpha value is -0.220. The second-order valence-corrected chi connectivity index (χ2v) is 3.79. The molecule has 13 heavy (non-hydrogen) atoms. The van der Waals surface area contributed by atoms with E-state index in [0.717, 1.165) is 31.8 Å². The maximum atomic E-state index is 11.1. The lowest BCUT2D eigenvalue weighted by Crippen LogP contribution is -2.27. The molecule has 1 amide bonds. The lowest BCUT2D eigenvalue weighted by atomic mass is 10.4. The van der Waals surface area contributed by atoms with Crippen LogP contribution in [0, 0.1) is 0 Å². The van der Waals surface area contributed by atoms with Crippen molar-refractivity contribution in [3.8, 4) is 0 Å². The molecule has 0 aliphatic heterocycles. The van der Waals surface area contributed by atoms with E-state index in [-0.39, 0.29) is 5.91 Å². The first-order valence-electron chi connectivity index (χ1n) is 4.77. The molecule has 0 rings (SSSR count). The van der Waals surface area contributed by atoms with Gasteiger partial charge in [-0.05, 0) is 25.8 Å². The van der Waals surface area contributed by atoms with Crippen molar-refractivity contribution >= 4 is 17.7 Å². The Bertz CT molecular complexity index is 131. The summed E-state index contributed by atoms with van der Waals surface area (Å²) < 4.78 is 0. The summed E-state index contributed by atoms with van der Waals surface area (Å²) in [5, 5.41) is 6.09. The molecule has 0 spiro atoms. The molecule has 0 aromatic rings. The number of amides is 1. The van der Waals surface area contributed by atoms with Crippen LogP contribution in [0.3, 0.4) is 0 Å². The Morgan fingerprint density at radius 1 is 1.38 bits per heavy atom. The highest BCUT2D eigenvalue weighted by molar-refractivity contribution is 7.98. The molecule has 0 aromatic heterocycles. The van der Waals surface area contributed by atoms with Crippen LogP contribution >= 0.6 is 11.8 Å². The van der Waals surface area contributed by atoms with Crippen LogP contribution in [0.15, 0.2) is 0 Å². The number of hydrogen-bond acceptors (Lipinski definition) is 3. The monoisotopic (exact) mass is 204 g/mol. The standard InChI is InChI=1S/C9H20N2OS/c1-3-10-6-4-7-11-9(12)5-8-13-2/h10H,3-8H2,1-2H3,(H,11,12). The van der Waals surface area contributed by atoms with Crippen LogP contribution in [-0.2, 0) is 4.79 Å². The molecule has 0 aliphatic rings. The largest absolute Gasteiger partial charge is 0.356 e. The van der Waals surface area contributed by atoms with Gasteiger partial charge in [0.05, 0.1) is 0 Å². The van der Waals surface area contributed by atoms with Gasteiger partial charge in [0.15, 0.2) is 0 Å². The smallest absolute Gasteiger partial charge is 0.220 e. The molecule has 0 bridgehead atoms. The van der Waals surface area contributed by atoms with Gasteiger partial charge in [0.1, 0.15) is 0 Å². The van der Waals surface area contributed by atoms with Crippen molar-refractivity contribution in [1.82, 2.24) is 10.6 Å². The molecule has 0 radical (unpaired) electrons. The molecule has 0 aliphatic carbocycles. The zero-order valence-electron chi connectivity index (χ0n) is 8.56. The van der Waals surface area contributed by atoms with E-state index in [1.54, 1.807) is 11.8 Å². The Labute approximate surface area is 85.0 Å². The topological polar surface area (TPSA) is 41.1 Å². The van der Waals surface area contributed by atoms with Crippen molar-refractivity contribution in [2.75, 3.05) is 31.6 Å². The van der Waals surface area contributed by atoms with E-state index in [9.17, 15) is 4.79 Å². The normalized spacial score (nSPS) is 10.0. The van der Waals surface area contributed by atoms with Crippen molar-refractivity contribution < 1.29 is 4.79 Å². The van der Waals surface area contributed by atoms with Crippen LogP contribution in [0.1, 0.15) is 19.8 Å². The van der Waals surface area contributed by atoms with E-state index in [1.165, 1.54) is 0 Å². The average molecular weight is 204 g/mol. The summed E-state index contributed by atoms with van der Waals surface area (Å²) in [5.74, 6) is 1.09. The Morgan fingerprint density at radius 3 is 2.77 bits per heavy atom. The SMILES string of the molecule is CCNCCCNC(=O)CCSC. The highest BCUT2D eigenvalue weighted by Gasteiger charge is 1.97. The van der Waals surface area contributed by atoms with E-state index in [4.69, 9.17) is 0 Å². The van der Waals surface area contributed by atoms with Crippen molar-refractivity contribution in [2.45, 2.75) is 19.8 Å². The van der Waals surface area contributed by atoms with Gasteiger partial charge in [-0.1, -0.05) is 6.92 Å². The van der Waals surface area contributed by atoms with Crippen LogP contribution in [0.2, 0.25) is 0 Å². The van der Waals surface area contributed by atoms with Gasteiger partial charge in [-0.25, -0.2) is 0 Å². The molecule has 0 fully saturated rings. The lowest BCUT2D eigenvalue weighted by molar-refractivity contribution is -0.120. The number of carbonyl (C=O) groups excluding carboxylic acids is 1. The predicted octanol–water partition coefficient (Wildman–Crippen LogP) is 0.855. The molecular weight excluding hydrogens is 184 g/mol. The molecule has 0 aromatic carbocycles. The van der Waals surface area contributed by atoms with Crippen molar-refractivity contribution in [1.29, 1.82) is 0 Å². The first kappa shape index (κ1) is 12.8. The number of hydrogen-bond donors (Lipinski definition) is 2. The minimum atomic E-state index is 0.172. The van der Waals surface area contributed by atoms with Gasteiger partial charge in [0.25, 0.3) is 0 Å². The van der Waals surface area contributed by atoms with Gasteiger partial charge in [0.2, 0.25) is 5.91 Å². The van der Waals surface area contributed by atoms with E-state index >= 15 is 0 Å². The minimum Gasteiger partial charge on any atom is -0.356 e. The van der Waals surface area contributed by atoms with Crippen LogP contribution in [0.5, 0.6) is 0 Å². The highest BCUT2D eigenvalue weighted by atomic mass is 32.2. The quantitative estimate of drug-likeness (QED) is 0.576. The maximum absolute atomic E-state index is 11.1. The molecule has 0 saturated heterocycles. The molecule has 0 atom stereocenters. The fourth-order valence-corrected chi connectivity index (χ4v) is 1.29. The number of thioether (sulfide) groups is 1. The van der Waals surface area contributed by atoms with Gasteiger partial charge >= 0.3 is 0 Å². The summed E-state index contributed by atoms with van der Waals surface area (Å²) in [6, 6.07) is 0. The maximum Gasteiger partial charge on any atom is 0.220 e. The van der Waals surface area contributed by atoms with Crippen LogP contribution in [-0.4, -0.2) is 37.6 Å². The highest BCUT2D eigenvalue weighted by Crippen LogP contribution is 1.94. The molecule has 0 saturated carbocycles. The molecule has 4 heteroatoms. The summed E-state index contributed by atoms with van der Waals surface area (Å²) in [6.45, 7) is 4.86. The number of rotatable bonds is 8. The molecule has 2 N–H and O–H groups in total. The van der Waals surface area contributed by atoms with Gasteiger partial charge in [-0.15, -0.1) is 0 Å². The molecular formula is C9H20N2OS. The minimum absolute atomic E-state index is 0.172. The summed E-state index contributed by atoms with van der Waals surface area (Å²) in [5.41, 5.74) is 0. The molecule has 78 valence electrons. The second-order valence-electron chi connectivity index (χ2n) is 2.80. The van der Waals surface area contributed by atoms with Crippen molar-refractivity contribution in [3.63, 3.8) is 0 Å². The van der Waals surface area contributed by atoms with Gasteiger partial charge in [-0.2, -0.15) is 11.8 Å². The van der Waals surface area contributed by atoms with Crippen molar-refractivity contribution in [3.05, 3.63) is 0 Å². The average Bonchev–Trinajstić information content (AvgIpc) is 2.14. The van der Waals surface area contributed by atoms with Gasteiger partial charge < -0.3 is 10.6 Å². The molecule has 3 nitrogen and oxygen atoms in total. The third-order valence-electron chi connectivity index (χ3n) is 1.64. The third-order valence-corrected chi connectivity index (χ3v) is 2.25. The van der Waals surface area contributed by atoms with Gasteiger partial charge in [0, 0.05) is 18.7 Å². The Morgan fingerprint density at radius 2 is 2.15 bits per heavy atom. The van der Waals surface area contributed by atoms with Crippen LogP contribution in [0.25, 0.3) is 0 Å². The molecule has 0 heterocycles.